The number of H-pyrrole nitrogens is 1. The molecule has 19 heavy (non-hydrogen) atoms. The Labute approximate surface area is 116 Å². The Kier molecular flexibility index (Phi) is 2.87. The minimum absolute atomic E-state index is 0.626. The van der Waals surface area contributed by atoms with Gasteiger partial charge in [-0.05, 0) is 26.0 Å². The minimum atomic E-state index is 0.626. The predicted octanol–water partition coefficient (Wildman–Crippen LogP) is 3.97. The Bertz CT molecular complexity index is 821. The van der Waals surface area contributed by atoms with E-state index in [1.54, 1.807) is 0 Å². The molecule has 0 aliphatic rings. The average molecular weight is 267 g/mol. The smallest absolute Gasteiger partial charge is 0.157 e. The number of aromatic amines is 1. The molecule has 0 amide bonds. The lowest BCUT2D eigenvalue weighted by Crippen LogP contribution is -1.98. The maximum Gasteiger partial charge on any atom is 0.157 e. The van der Waals surface area contributed by atoms with Gasteiger partial charge in [0.25, 0.3) is 0 Å². The summed E-state index contributed by atoms with van der Waals surface area (Å²) in [5, 5.41) is 1.12. The summed E-state index contributed by atoms with van der Waals surface area (Å²) in [6, 6.07) is 12.0. The molecule has 1 aromatic carbocycles. The molecule has 3 rings (SSSR count). The molecule has 3 nitrogen and oxygen atoms in total. The molecule has 0 radical (unpaired) electrons. The van der Waals surface area contributed by atoms with Crippen LogP contribution in [-0.2, 0) is 0 Å². The lowest BCUT2D eigenvalue weighted by molar-refractivity contribution is 1.05. The number of pyridine rings is 1. The summed E-state index contributed by atoms with van der Waals surface area (Å²) in [6.45, 7) is 3.97. The van der Waals surface area contributed by atoms with Gasteiger partial charge in [-0.2, -0.15) is 0 Å². The predicted molar refractivity (Wildman–Crippen MR) is 79.6 cm³/mol. The number of nitrogens with one attached hydrogen (secondary N) is 1. The van der Waals surface area contributed by atoms with Crippen LogP contribution in [0.3, 0.4) is 0 Å². The molecule has 1 N–H and O–H groups in total. The zero-order valence-electron chi connectivity index (χ0n) is 10.8. The van der Waals surface area contributed by atoms with E-state index in [1.165, 1.54) is 0 Å². The van der Waals surface area contributed by atoms with Crippen LogP contribution < -0.4 is 0 Å². The molecule has 3 aromatic rings. The second kappa shape index (κ2) is 4.55. The van der Waals surface area contributed by atoms with E-state index in [2.05, 4.69) is 15.0 Å². The van der Waals surface area contributed by atoms with Gasteiger partial charge in [-0.1, -0.05) is 36.5 Å². The fourth-order valence-corrected chi connectivity index (χ4v) is 2.21. The minimum Gasteiger partial charge on any atom is -0.342 e. The highest BCUT2D eigenvalue weighted by atomic mass is 32.1. The second-order valence-electron chi connectivity index (χ2n) is 4.53. The first-order valence-corrected chi connectivity index (χ1v) is 6.49. The van der Waals surface area contributed by atoms with Gasteiger partial charge in [0, 0.05) is 16.6 Å². The number of fused-ring (bicyclic) bond motifs is 1. The van der Waals surface area contributed by atoms with Crippen LogP contribution >= 0.6 is 12.2 Å². The van der Waals surface area contributed by atoms with Crippen molar-refractivity contribution in [1.29, 1.82) is 0 Å². The van der Waals surface area contributed by atoms with Crippen LogP contribution in [0.25, 0.3) is 22.4 Å². The molecular weight excluding hydrogens is 254 g/mol. The highest BCUT2D eigenvalue weighted by molar-refractivity contribution is 7.71. The van der Waals surface area contributed by atoms with E-state index < -0.39 is 0 Å². The number of hydrogen-bond acceptors (Lipinski definition) is 3. The van der Waals surface area contributed by atoms with E-state index in [9.17, 15) is 0 Å². The summed E-state index contributed by atoms with van der Waals surface area (Å²) in [7, 11) is 0. The Morgan fingerprint density at radius 3 is 2.58 bits per heavy atom. The van der Waals surface area contributed by atoms with Crippen molar-refractivity contribution >= 4 is 23.1 Å². The number of aromatic nitrogens is 3. The summed E-state index contributed by atoms with van der Waals surface area (Å²) >= 11 is 5.27. The van der Waals surface area contributed by atoms with E-state index in [0.29, 0.717) is 4.64 Å². The third-order valence-corrected chi connectivity index (χ3v) is 3.64. The van der Waals surface area contributed by atoms with Crippen LogP contribution in [0.2, 0.25) is 0 Å². The molecule has 0 saturated carbocycles. The summed E-state index contributed by atoms with van der Waals surface area (Å²) in [5.74, 6) is 0.721. The molecule has 0 unspecified atom stereocenters. The van der Waals surface area contributed by atoms with Gasteiger partial charge in [0.2, 0.25) is 0 Å². The number of para-hydroxylation sites is 1. The van der Waals surface area contributed by atoms with Crippen molar-refractivity contribution in [2.24, 2.45) is 0 Å². The number of rotatable bonds is 1. The van der Waals surface area contributed by atoms with Gasteiger partial charge in [-0.25, -0.2) is 9.97 Å². The number of hydrogen-bond donors (Lipinski definition) is 1. The Morgan fingerprint density at radius 1 is 1.00 bits per heavy atom. The summed E-state index contributed by atoms with van der Waals surface area (Å²) in [5.41, 5.74) is 3.82. The van der Waals surface area contributed by atoms with E-state index in [4.69, 9.17) is 12.2 Å². The van der Waals surface area contributed by atoms with Crippen LogP contribution in [-0.4, -0.2) is 15.0 Å². The van der Waals surface area contributed by atoms with Crippen LogP contribution in [0.15, 0.2) is 36.4 Å². The molecule has 0 fully saturated rings. The normalized spacial score (nSPS) is 10.8. The van der Waals surface area contributed by atoms with Gasteiger partial charge >= 0.3 is 0 Å². The molecule has 4 heteroatoms. The largest absolute Gasteiger partial charge is 0.342 e. The van der Waals surface area contributed by atoms with Crippen LogP contribution in [0.1, 0.15) is 11.3 Å². The molecule has 0 saturated heterocycles. The monoisotopic (exact) mass is 267 g/mol. The first-order valence-electron chi connectivity index (χ1n) is 6.09. The molecule has 0 spiro atoms. The van der Waals surface area contributed by atoms with Crippen LogP contribution in [0.5, 0.6) is 0 Å². The quantitative estimate of drug-likeness (QED) is 0.678. The van der Waals surface area contributed by atoms with Crippen LogP contribution in [0.4, 0.5) is 0 Å². The number of aryl methyl sites for hydroxylation is 1. The van der Waals surface area contributed by atoms with E-state index in [0.717, 1.165) is 33.7 Å². The molecule has 0 aliphatic carbocycles. The fraction of sp³-hybridized carbons (Fsp3) is 0.133. The van der Waals surface area contributed by atoms with Crippen LogP contribution in [0, 0.1) is 18.5 Å². The zero-order chi connectivity index (χ0) is 13.4. The van der Waals surface area contributed by atoms with Gasteiger partial charge in [-0.3, -0.25) is 0 Å². The Balaban J connectivity index is 2.22. The Hall–Kier alpha value is -2.07. The third kappa shape index (κ3) is 2.15. The van der Waals surface area contributed by atoms with Gasteiger partial charge in [-0.15, -0.1) is 0 Å². The highest BCUT2D eigenvalue weighted by Gasteiger charge is 2.06. The highest BCUT2D eigenvalue weighted by Crippen LogP contribution is 2.19. The number of nitrogens with zero attached hydrogens (tertiary/aromatic N) is 2. The number of benzene rings is 1. The Morgan fingerprint density at radius 2 is 1.79 bits per heavy atom. The van der Waals surface area contributed by atoms with Crippen molar-refractivity contribution < 1.29 is 0 Å². The first kappa shape index (κ1) is 12.0. The fourth-order valence-electron chi connectivity index (χ4n) is 1.96. The molecule has 2 aromatic heterocycles. The van der Waals surface area contributed by atoms with E-state index in [1.807, 2.05) is 50.2 Å². The third-order valence-electron chi connectivity index (χ3n) is 3.24. The van der Waals surface area contributed by atoms with Gasteiger partial charge in [0.05, 0.1) is 5.52 Å². The molecule has 0 aliphatic heterocycles. The second-order valence-corrected chi connectivity index (χ2v) is 4.92. The van der Waals surface area contributed by atoms with Crippen molar-refractivity contribution in [1.82, 2.24) is 15.0 Å². The van der Waals surface area contributed by atoms with Gasteiger partial charge < -0.3 is 4.98 Å². The van der Waals surface area contributed by atoms with E-state index >= 15 is 0 Å². The lowest BCUT2D eigenvalue weighted by Gasteiger charge is -2.06. The van der Waals surface area contributed by atoms with Crippen molar-refractivity contribution in [3.63, 3.8) is 0 Å². The SMILES string of the molecule is Cc1[nH]c(-c2ccc3ccccc3n2)nc(=S)c1C. The van der Waals surface area contributed by atoms with Gasteiger partial charge in [0.15, 0.2) is 5.82 Å². The summed E-state index contributed by atoms with van der Waals surface area (Å²) in [6.07, 6.45) is 0. The zero-order valence-corrected chi connectivity index (χ0v) is 11.6. The van der Waals surface area contributed by atoms with Gasteiger partial charge in [0.1, 0.15) is 10.3 Å². The molecule has 0 atom stereocenters. The maximum absolute atomic E-state index is 5.27. The lowest BCUT2D eigenvalue weighted by atomic mass is 10.2. The van der Waals surface area contributed by atoms with Crippen molar-refractivity contribution in [2.75, 3.05) is 0 Å². The topological polar surface area (TPSA) is 41.6 Å². The van der Waals surface area contributed by atoms with Crippen molar-refractivity contribution in [3.05, 3.63) is 52.3 Å². The van der Waals surface area contributed by atoms with E-state index in [-0.39, 0.29) is 0 Å². The van der Waals surface area contributed by atoms with Crippen molar-refractivity contribution in [3.8, 4) is 11.5 Å². The summed E-state index contributed by atoms with van der Waals surface area (Å²) in [4.78, 5) is 12.3. The standard InChI is InChI=1S/C15H13N3S/c1-9-10(2)16-14(18-15(9)19)13-8-7-11-5-3-4-6-12(11)17-13/h3-8H,1-2H3,(H,16,18,19). The maximum atomic E-state index is 5.27. The van der Waals surface area contributed by atoms with Crippen molar-refractivity contribution in [2.45, 2.75) is 13.8 Å². The summed E-state index contributed by atoms with van der Waals surface area (Å²) < 4.78 is 0.626. The molecular formula is C15H13N3S. The molecule has 0 bridgehead atoms. The first-order chi connectivity index (χ1) is 9.15. The average Bonchev–Trinajstić information content (AvgIpc) is 2.43. The molecule has 94 valence electrons. The molecule has 2 heterocycles.